The first-order valence-electron chi connectivity index (χ1n) is 3.45. The number of alkyl halides is 3. The smallest absolute Gasteiger partial charge is 0.404 e. The van der Waals surface area contributed by atoms with E-state index in [1.165, 1.54) is 6.92 Å². The zero-order valence-corrected chi connectivity index (χ0v) is 7.66. The molecule has 0 radical (unpaired) electrons. The van der Waals surface area contributed by atoms with Crippen molar-refractivity contribution >= 4 is 11.6 Å². The summed E-state index contributed by atoms with van der Waals surface area (Å²) in [5.41, 5.74) is -0.702. The highest BCUT2D eigenvalue weighted by Gasteiger charge is 2.32. The summed E-state index contributed by atoms with van der Waals surface area (Å²) in [6.45, 7) is 1.26. The van der Waals surface area contributed by atoms with Crippen LogP contribution in [0.3, 0.4) is 0 Å². The van der Waals surface area contributed by atoms with E-state index in [1.807, 2.05) is 4.98 Å². The first-order valence-corrected chi connectivity index (χ1v) is 3.82. The van der Waals surface area contributed by atoms with E-state index in [-0.39, 0.29) is 10.6 Å². The molecule has 0 saturated heterocycles. The Labute approximate surface area is 81.5 Å². The number of aromatic nitrogens is 1. The summed E-state index contributed by atoms with van der Waals surface area (Å²) < 4.78 is 39.0. The first kappa shape index (κ1) is 10.9. The number of hydrogen-bond acceptors (Lipinski definition) is 2. The molecule has 78 valence electrons. The van der Waals surface area contributed by atoms with Crippen molar-refractivity contribution in [3.63, 3.8) is 0 Å². The molecule has 0 aliphatic rings. The number of nitrogens with one attached hydrogen (secondary N) is 1. The molecule has 1 N–H and O–H groups in total. The van der Waals surface area contributed by atoms with Crippen molar-refractivity contribution in [1.82, 2.24) is 4.98 Å². The molecule has 14 heavy (non-hydrogen) atoms. The molecule has 0 spiro atoms. The van der Waals surface area contributed by atoms with Crippen molar-refractivity contribution < 1.29 is 17.9 Å². The van der Waals surface area contributed by atoms with Gasteiger partial charge in [-0.2, -0.15) is 0 Å². The van der Waals surface area contributed by atoms with Crippen LogP contribution < -0.4 is 10.3 Å². The lowest BCUT2D eigenvalue weighted by Crippen LogP contribution is -2.19. The van der Waals surface area contributed by atoms with Gasteiger partial charge in [-0.25, -0.2) is 0 Å². The van der Waals surface area contributed by atoms with Crippen molar-refractivity contribution in [2.24, 2.45) is 0 Å². The third kappa shape index (κ3) is 2.41. The van der Waals surface area contributed by atoms with Crippen LogP contribution in [-0.2, 0) is 0 Å². The Morgan fingerprint density at radius 3 is 2.57 bits per heavy atom. The third-order valence-electron chi connectivity index (χ3n) is 1.46. The number of ether oxygens (including phenoxy) is 1. The molecule has 1 aromatic heterocycles. The van der Waals surface area contributed by atoms with Gasteiger partial charge in [0, 0.05) is 11.8 Å². The second-order valence-electron chi connectivity index (χ2n) is 2.47. The number of rotatable bonds is 1. The quantitative estimate of drug-likeness (QED) is 0.799. The predicted molar refractivity (Wildman–Crippen MR) is 43.5 cm³/mol. The molecule has 3 nitrogen and oxygen atoms in total. The van der Waals surface area contributed by atoms with Crippen LogP contribution in [0, 0.1) is 6.92 Å². The number of halogens is 4. The van der Waals surface area contributed by atoms with Crippen molar-refractivity contribution in [3.05, 3.63) is 27.1 Å². The molecular formula is C7H5ClF3NO2. The van der Waals surface area contributed by atoms with E-state index in [0.717, 1.165) is 6.20 Å². The Balaban J connectivity index is 3.13. The van der Waals surface area contributed by atoms with E-state index in [1.54, 1.807) is 0 Å². The lowest BCUT2D eigenvalue weighted by atomic mass is 10.3. The maximum Gasteiger partial charge on any atom is 0.573 e. The van der Waals surface area contributed by atoms with Crippen molar-refractivity contribution in [2.45, 2.75) is 13.3 Å². The Morgan fingerprint density at radius 1 is 1.50 bits per heavy atom. The van der Waals surface area contributed by atoms with Crippen molar-refractivity contribution in [1.29, 1.82) is 0 Å². The van der Waals surface area contributed by atoms with Crippen LogP contribution in [0.15, 0.2) is 11.0 Å². The van der Waals surface area contributed by atoms with E-state index in [2.05, 4.69) is 4.74 Å². The maximum absolute atomic E-state index is 11.8. The van der Waals surface area contributed by atoms with Crippen molar-refractivity contribution in [2.75, 3.05) is 0 Å². The molecule has 0 aliphatic heterocycles. The van der Waals surface area contributed by atoms with E-state index >= 15 is 0 Å². The standard InChI is InChI=1S/C7H5ClF3NO2/c1-3-4(14-7(9,10)11)2-12-6(13)5(3)8/h2H,1H3,(H,12,13). The van der Waals surface area contributed by atoms with Gasteiger partial charge < -0.3 is 9.72 Å². The molecule has 0 saturated carbocycles. The second kappa shape index (κ2) is 3.53. The fourth-order valence-corrected chi connectivity index (χ4v) is 0.960. The zero-order chi connectivity index (χ0) is 10.9. The van der Waals surface area contributed by atoms with Crippen LogP contribution in [0.2, 0.25) is 5.02 Å². The summed E-state index contributed by atoms with van der Waals surface area (Å²) in [4.78, 5) is 12.9. The number of hydrogen-bond donors (Lipinski definition) is 1. The van der Waals surface area contributed by atoms with Gasteiger partial charge in [0.25, 0.3) is 5.56 Å². The molecule has 1 aromatic rings. The predicted octanol–water partition coefficient (Wildman–Crippen LogP) is 2.24. The van der Waals surface area contributed by atoms with Crippen molar-refractivity contribution in [3.8, 4) is 5.75 Å². The zero-order valence-electron chi connectivity index (χ0n) is 6.91. The summed E-state index contributed by atoms with van der Waals surface area (Å²) in [5.74, 6) is -0.512. The summed E-state index contributed by atoms with van der Waals surface area (Å²) in [7, 11) is 0. The van der Waals surface area contributed by atoms with E-state index < -0.39 is 17.7 Å². The minimum atomic E-state index is -4.80. The molecule has 0 amide bonds. The molecule has 1 heterocycles. The Morgan fingerprint density at radius 2 is 2.07 bits per heavy atom. The van der Waals surface area contributed by atoms with Crippen LogP contribution in [0.25, 0.3) is 0 Å². The van der Waals surface area contributed by atoms with Crippen LogP contribution in [0.5, 0.6) is 5.75 Å². The van der Waals surface area contributed by atoms with Gasteiger partial charge >= 0.3 is 6.36 Å². The summed E-state index contributed by atoms with van der Waals surface area (Å²) in [5, 5.41) is -0.313. The number of H-pyrrole nitrogens is 1. The molecule has 0 atom stereocenters. The summed E-state index contributed by atoms with van der Waals surface area (Å²) >= 11 is 5.42. The molecule has 0 aliphatic carbocycles. The minimum Gasteiger partial charge on any atom is -0.404 e. The molecule has 0 bridgehead atoms. The van der Waals surface area contributed by atoms with E-state index in [4.69, 9.17) is 11.6 Å². The molecule has 0 aromatic carbocycles. The van der Waals surface area contributed by atoms with E-state index in [0.29, 0.717) is 0 Å². The monoisotopic (exact) mass is 227 g/mol. The minimum absolute atomic E-state index is 0.0484. The fourth-order valence-electron chi connectivity index (χ4n) is 0.812. The molecular weight excluding hydrogens is 223 g/mol. The third-order valence-corrected chi connectivity index (χ3v) is 1.91. The molecule has 0 unspecified atom stereocenters. The highest BCUT2D eigenvalue weighted by molar-refractivity contribution is 6.31. The fraction of sp³-hybridized carbons (Fsp3) is 0.286. The average molecular weight is 228 g/mol. The van der Waals surface area contributed by atoms with Gasteiger partial charge in [0.2, 0.25) is 0 Å². The topological polar surface area (TPSA) is 42.1 Å². The van der Waals surface area contributed by atoms with Gasteiger partial charge in [0.1, 0.15) is 10.8 Å². The van der Waals surface area contributed by atoms with Crippen LogP contribution in [0.1, 0.15) is 5.56 Å². The lowest BCUT2D eigenvalue weighted by molar-refractivity contribution is -0.275. The number of pyridine rings is 1. The van der Waals surface area contributed by atoms with Gasteiger partial charge in [-0.1, -0.05) is 11.6 Å². The second-order valence-corrected chi connectivity index (χ2v) is 2.85. The Kier molecular flexibility index (Phi) is 2.75. The highest BCUT2D eigenvalue weighted by Crippen LogP contribution is 2.27. The first-order chi connectivity index (χ1) is 6.31. The normalized spacial score (nSPS) is 11.5. The summed E-state index contributed by atoms with van der Waals surface area (Å²) in [6, 6.07) is 0. The molecule has 0 fully saturated rings. The SMILES string of the molecule is Cc1c(OC(F)(F)F)c[nH]c(=O)c1Cl. The van der Waals surface area contributed by atoms with Gasteiger partial charge in [0.15, 0.2) is 0 Å². The number of aromatic amines is 1. The van der Waals surface area contributed by atoms with Crippen LogP contribution >= 0.6 is 11.6 Å². The van der Waals surface area contributed by atoms with Gasteiger partial charge in [-0.15, -0.1) is 13.2 Å². The van der Waals surface area contributed by atoms with Crippen LogP contribution in [0.4, 0.5) is 13.2 Å². The molecule has 7 heteroatoms. The van der Waals surface area contributed by atoms with Crippen LogP contribution in [-0.4, -0.2) is 11.3 Å². The highest BCUT2D eigenvalue weighted by atomic mass is 35.5. The van der Waals surface area contributed by atoms with Gasteiger partial charge in [0.05, 0.1) is 0 Å². The van der Waals surface area contributed by atoms with Gasteiger partial charge in [-0.3, -0.25) is 4.79 Å². The average Bonchev–Trinajstić information content (AvgIpc) is 2.04. The summed E-state index contributed by atoms with van der Waals surface area (Å²) in [6.07, 6.45) is -3.98. The maximum atomic E-state index is 11.8. The molecule has 1 rings (SSSR count). The van der Waals surface area contributed by atoms with E-state index in [9.17, 15) is 18.0 Å². The Hall–Kier alpha value is -1.17. The Bertz CT molecular complexity index is 399. The largest absolute Gasteiger partial charge is 0.573 e. The lowest BCUT2D eigenvalue weighted by Gasteiger charge is -2.10. The van der Waals surface area contributed by atoms with Gasteiger partial charge in [-0.05, 0) is 6.92 Å².